The summed E-state index contributed by atoms with van der Waals surface area (Å²) in [6.45, 7) is 6.68. The number of nitrogens with zero attached hydrogens (tertiary/aromatic N) is 3. The molecule has 15 heavy (non-hydrogen) atoms. The third-order valence-electron chi connectivity index (χ3n) is 2.44. The van der Waals surface area contributed by atoms with Crippen molar-refractivity contribution in [1.29, 1.82) is 0 Å². The Morgan fingerprint density at radius 2 is 2.00 bits per heavy atom. The van der Waals surface area contributed by atoms with Crippen molar-refractivity contribution in [3.8, 4) is 0 Å². The minimum absolute atomic E-state index is 0.261. The van der Waals surface area contributed by atoms with Crippen LogP contribution in [0.25, 0.3) is 11.0 Å². The maximum Gasteiger partial charge on any atom is 0.143 e. The van der Waals surface area contributed by atoms with Gasteiger partial charge in [-0.3, -0.25) is 0 Å². The Morgan fingerprint density at radius 3 is 2.67 bits per heavy atom. The van der Waals surface area contributed by atoms with E-state index in [4.69, 9.17) is 0 Å². The Hall–Kier alpha value is -1.38. The van der Waals surface area contributed by atoms with E-state index in [-0.39, 0.29) is 5.41 Å². The molecule has 2 rings (SSSR count). The van der Waals surface area contributed by atoms with Gasteiger partial charge in [0, 0.05) is 18.6 Å². The lowest BCUT2D eigenvalue weighted by Gasteiger charge is -2.17. The third kappa shape index (κ3) is 2.01. The second-order valence-electron chi connectivity index (χ2n) is 5.22. The predicted octanol–water partition coefficient (Wildman–Crippen LogP) is 2.56. The van der Waals surface area contributed by atoms with Gasteiger partial charge in [-0.15, -0.1) is 0 Å². The number of aryl methyl sites for hydroxylation is 1. The number of aromatic nitrogens is 3. The molecule has 0 aromatic carbocycles. The van der Waals surface area contributed by atoms with Crippen LogP contribution in [-0.2, 0) is 13.5 Å². The molecule has 0 spiro atoms. The second-order valence-corrected chi connectivity index (χ2v) is 5.22. The number of fused-ring (bicyclic) bond motifs is 1. The van der Waals surface area contributed by atoms with Gasteiger partial charge in [-0.2, -0.15) is 0 Å². The van der Waals surface area contributed by atoms with Gasteiger partial charge in [-0.05, 0) is 17.9 Å². The van der Waals surface area contributed by atoms with E-state index in [1.807, 2.05) is 17.8 Å². The number of hydrogen-bond acceptors (Lipinski definition) is 2. The molecule has 2 aromatic rings. The van der Waals surface area contributed by atoms with Crippen LogP contribution in [0.3, 0.4) is 0 Å². The average Bonchev–Trinajstić information content (AvgIpc) is 2.47. The Bertz CT molecular complexity index is 477. The van der Waals surface area contributed by atoms with Crippen LogP contribution in [0.5, 0.6) is 0 Å². The largest absolute Gasteiger partial charge is 0.335 e. The summed E-state index contributed by atoms with van der Waals surface area (Å²) in [5.41, 5.74) is 2.43. The highest BCUT2D eigenvalue weighted by molar-refractivity contribution is 5.78. The van der Waals surface area contributed by atoms with Crippen LogP contribution in [0, 0.1) is 5.41 Å². The summed E-state index contributed by atoms with van der Waals surface area (Å²) in [5.74, 6) is 0. The third-order valence-corrected chi connectivity index (χ3v) is 2.44. The predicted molar refractivity (Wildman–Crippen MR) is 61.7 cm³/mol. The van der Waals surface area contributed by atoms with Crippen LogP contribution < -0.4 is 0 Å². The smallest absolute Gasteiger partial charge is 0.143 e. The molecule has 2 heterocycles. The van der Waals surface area contributed by atoms with Gasteiger partial charge in [0.2, 0.25) is 0 Å². The molecule has 0 N–H and O–H groups in total. The molecule has 0 aliphatic carbocycles. The summed E-state index contributed by atoms with van der Waals surface area (Å²) in [4.78, 5) is 8.66. The fourth-order valence-corrected chi connectivity index (χ4v) is 1.77. The molecule has 3 nitrogen and oxygen atoms in total. The van der Waals surface area contributed by atoms with Crippen LogP contribution in [0.1, 0.15) is 26.5 Å². The lowest BCUT2D eigenvalue weighted by Crippen LogP contribution is -2.11. The van der Waals surface area contributed by atoms with Gasteiger partial charge in [0.15, 0.2) is 0 Å². The normalized spacial score (nSPS) is 12.3. The molecule has 0 saturated heterocycles. The molecule has 0 fully saturated rings. The van der Waals surface area contributed by atoms with E-state index in [1.165, 1.54) is 5.39 Å². The summed E-state index contributed by atoms with van der Waals surface area (Å²) < 4.78 is 2.03. The van der Waals surface area contributed by atoms with Gasteiger partial charge in [0.05, 0.1) is 5.69 Å². The van der Waals surface area contributed by atoms with Gasteiger partial charge < -0.3 is 4.57 Å². The quantitative estimate of drug-likeness (QED) is 0.713. The summed E-state index contributed by atoms with van der Waals surface area (Å²) in [6, 6.07) is 2.09. The van der Waals surface area contributed by atoms with E-state index in [0.29, 0.717) is 0 Å². The van der Waals surface area contributed by atoms with E-state index in [1.54, 1.807) is 6.33 Å². The summed E-state index contributed by atoms with van der Waals surface area (Å²) >= 11 is 0. The van der Waals surface area contributed by atoms with Gasteiger partial charge in [-0.25, -0.2) is 9.97 Å². The molecule has 0 radical (unpaired) electrons. The minimum atomic E-state index is 0.261. The maximum atomic E-state index is 4.38. The van der Waals surface area contributed by atoms with Crippen LogP contribution in [0.2, 0.25) is 0 Å². The molecule has 0 saturated carbocycles. The van der Waals surface area contributed by atoms with E-state index >= 15 is 0 Å². The zero-order valence-electron chi connectivity index (χ0n) is 9.78. The highest BCUT2D eigenvalue weighted by Crippen LogP contribution is 2.24. The van der Waals surface area contributed by atoms with E-state index in [9.17, 15) is 0 Å². The van der Waals surface area contributed by atoms with Crippen LogP contribution in [-0.4, -0.2) is 14.5 Å². The second kappa shape index (κ2) is 3.33. The minimum Gasteiger partial charge on any atom is -0.335 e. The van der Waals surface area contributed by atoms with Crippen molar-refractivity contribution in [3.05, 3.63) is 24.3 Å². The molecule has 0 atom stereocenters. The van der Waals surface area contributed by atoms with E-state index in [2.05, 4.69) is 36.8 Å². The van der Waals surface area contributed by atoms with Crippen molar-refractivity contribution >= 4 is 11.0 Å². The Kier molecular flexibility index (Phi) is 2.25. The lowest BCUT2D eigenvalue weighted by molar-refractivity contribution is 0.408. The number of rotatable bonds is 1. The first-order valence-corrected chi connectivity index (χ1v) is 5.22. The molecule has 0 unspecified atom stereocenters. The summed E-state index contributed by atoms with van der Waals surface area (Å²) in [7, 11) is 2.01. The van der Waals surface area contributed by atoms with Crippen LogP contribution >= 0.6 is 0 Å². The monoisotopic (exact) mass is 203 g/mol. The molecule has 0 amide bonds. The van der Waals surface area contributed by atoms with Crippen molar-refractivity contribution in [2.45, 2.75) is 27.2 Å². The molecular weight excluding hydrogens is 186 g/mol. The van der Waals surface area contributed by atoms with Gasteiger partial charge in [-0.1, -0.05) is 20.8 Å². The standard InChI is InChI=1S/C12H17N3/c1-12(2,3)7-10-9-5-6-15(4)11(9)14-8-13-10/h5-6,8H,7H2,1-4H3. The van der Waals surface area contributed by atoms with E-state index in [0.717, 1.165) is 17.8 Å². The first kappa shape index (κ1) is 10.1. The highest BCUT2D eigenvalue weighted by Gasteiger charge is 2.15. The molecule has 2 aromatic heterocycles. The van der Waals surface area contributed by atoms with Crippen molar-refractivity contribution < 1.29 is 0 Å². The average molecular weight is 203 g/mol. The Balaban J connectivity index is 2.52. The summed E-state index contributed by atoms with van der Waals surface area (Å²) in [5, 5.41) is 1.18. The van der Waals surface area contributed by atoms with Crippen molar-refractivity contribution in [3.63, 3.8) is 0 Å². The molecule has 3 heteroatoms. The summed E-state index contributed by atoms with van der Waals surface area (Å²) in [6.07, 6.45) is 4.67. The molecule has 0 aliphatic heterocycles. The topological polar surface area (TPSA) is 30.7 Å². The zero-order chi connectivity index (χ0) is 11.1. The first-order chi connectivity index (χ1) is 6.97. The fourth-order valence-electron chi connectivity index (χ4n) is 1.77. The number of hydrogen-bond donors (Lipinski definition) is 0. The van der Waals surface area contributed by atoms with Crippen molar-refractivity contribution in [2.75, 3.05) is 0 Å². The SMILES string of the molecule is Cn1ccc2c(CC(C)(C)C)ncnc21. The maximum absolute atomic E-state index is 4.38. The Labute approximate surface area is 90.2 Å². The van der Waals surface area contributed by atoms with Crippen LogP contribution in [0.4, 0.5) is 0 Å². The molecule has 80 valence electrons. The molecular formula is C12H17N3. The van der Waals surface area contributed by atoms with Crippen molar-refractivity contribution in [1.82, 2.24) is 14.5 Å². The first-order valence-electron chi connectivity index (χ1n) is 5.22. The van der Waals surface area contributed by atoms with Gasteiger partial charge >= 0.3 is 0 Å². The van der Waals surface area contributed by atoms with Gasteiger partial charge in [0.1, 0.15) is 12.0 Å². The molecule has 0 aliphatic rings. The van der Waals surface area contributed by atoms with E-state index < -0.39 is 0 Å². The zero-order valence-corrected chi connectivity index (χ0v) is 9.78. The van der Waals surface area contributed by atoms with Crippen molar-refractivity contribution in [2.24, 2.45) is 12.5 Å². The Morgan fingerprint density at radius 1 is 1.27 bits per heavy atom. The highest BCUT2D eigenvalue weighted by atomic mass is 15.0. The fraction of sp³-hybridized carbons (Fsp3) is 0.500. The molecule has 0 bridgehead atoms. The van der Waals surface area contributed by atoms with Gasteiger partial charge in [0.25, 0.3) is 0 Å². The van der Waals surface area contributed by atoms with Crippen LogP contribution in [0.15, 0.2) is 18.6 Å². The lowest BCUT2D eigenvalue weighted by atomic mass is 9.90.